The maximum atomic E-state index is 12.1. The molecule has 1 aliphatic rings. The second-order valence-electron chi connectivity index (χ2n) is 3.73. The summed E-state index contributed by atoms with van der Waals surface area (Å²) in [7, 11) is 0. The fourth-order valence-corrected chi connectivity index (χ4v) is 1.75. The van der Waals surface area contributed by atoms with Crippen molar-refractivity contribution in [3.05, 3.63) is 29.6 Å². The highest BCUT2D eigenvalue weighted by molar-refractivity contribution is 5.95. The number of pyridine rings is 1. The number of rotatable bonds is 1. The van der Waals surface area contributed by atoms with Crippen molar-refractivity contribution < 1.29 is 4.79 Å². The minimum absolute atomic E-state index is 0.122. The molecule has 0 radical (unpaired) electrons. The SMILES string of the molecule is Cc1cnccc1C(=O)N1CCNCC1. The Morgan fingerprint density at radius 3 is 2.87 bits per heavy atom. The van der Waals surface area contributed by atoms with Crippen LogP contribution in [0.15, 0.2) is 18.5 Å². The van der Waals surface area contributed by atoms with E-state index in [2.05, 4.69) is 10.3 Å². The molecular formula is C11H15N3O. The van der Waals surface area contributed by atoms with Gasteiger partial charge in [-0.15, -0.1) is 0 Å². The molecule has 2 rings (SSSR count). The van der Waals surface area contributed by atoms with Gasteiger partial charge >= 0.3 is 0 Å². The molecule has 1 amide bonds. The van der Waals surface area contributed by atoms with E-state index in [-0.39, 0.29) is 5.91 Å². The molecular weight excluding hydrogens is 190 g/mol. The Labute approximate surface area is 89.3 Å². The highest BCUT2D eigenvalue weighted by Gasteiger charge is 2.18. The molecule has 2 heterocycles. The average molecular weight is 205 g/mol. The highest BCUT2D eigenvalue weighted by Crippen LogP contribution is 2.09. The van der Waals surface area contributed by atoms with E-state index in [1.807, 2.05) is 11.8 Å². The molecule has 4 nitrogen and oxygen atoms in total. The van der Waals surface area contributed by atoms with E-state index in [1.54, 1.807) is 18.5 Å². The zero-order valence-electron chi connectivity index (χ0n) is 8.86. The van der Waals surface area contributed by atoms with Crippen molar-refractivity contribution in [1.29, 1.82) is 0 Å². The molecule has 0 aliphatic carbocycles. The predicted octanol–water partition coefficient (Wildman–Crippen LogP) is 0.435. The van der Waals surface area contributed by atoms with Gasteiger partial charge in [-0.05, 0) is 18.6 Å². The standard InChI is InChI=1S/C11H15N3O/c1-9-8-13-3-2-10(9)11(15)14-6-4-12-5-7-14/h2-3,8,12H,4-7H2,1H3. The van der Waals surface area contributed by atoms with Crippen molar-refractivity contribution in [3.8, 4) is 0 Å². The molecule has 0 unspecified atom stereocenters. The zero-order valence-corrected chi connectivity index (χ0v) is 8.86. The highest BCUT2D eigenvalue weighted by atomic mass is 16.2. The summed E-state index contributed by atoms with van der Waals surface area (Å²) in [5.41, 5.74) is 1.72. The number of carbonyl (C=O) groups is 1. The summed E-state index contributed by atoms with van der Waals surface area (Å²) in [5, 5.41) is 3.23. The Balaban J connectivity index is 2.16. The number of aryl methyl sites for hydroxylation is 1. The van der Waals surface area contributed by atoms with E-state index in [9.17, 15) is 4.79 Å². The van der Waals surface area contributed by atoms with Gasteiger partial charge in [0, 0.05) is 44.1 Å². The Morgan fingerprint density at radius 2 is 2.20 bits per heavy atom. The van der Waals surface area contributed by atoms with Gasteiger partial charge < -0.3 is 10.2 Å². The summed E-state index contributed by atoms with van der Waals surface area (Å²) in [4.78, 5) is 18.0. The summed E-state index contributed by atoms with van der Waals surface area (Å²) >= 11 is 0. The normalized spacial score (nSPS) is 16.5. The van der Waals surface area contributed by atoms with E-state index >= 15 is 0 Å². The van der Waals surface area contributed by atoms with E-state index in [0.29, 0.717) is 0 Å². The lowest BCUT2D eigenvalue weighted by molar-refractivity contribution is 0.0735. The first kappa shape index (κ1) is 10.1. The Morgan fingerprint density at radius 1 is 1.47 bits per heavy atom. The maximum Gasteiger partial charge on any atom is 0.254 e. The van der Waals surface area contributed by atoms with E-state index in [0.717, 1.165) is 37.3 Å². The van der Waals surface area contributed by atoms with E-state index in [1.165, 1.54) is 0 Å². The number of nitrogens with one attached hydrogen (secondary N) is 1. The first-order valence-electron chi connectivity index (χ1n) is 5.19. The van der Waals surface area contributed by atoms with Crippen molar-refractivity contribution in [2.24, 2.45) is 0 Å². The van der Waals surface area contributed by atoms with Crippen LogP contribution in [0.3, 0.4) is 0 Å². The third-order valence-electron chi connectivity index (χ3n) is 2.65. The summed E-state index contributed by atoms with van der Waals surface area (Å²) in [6.45, 7) is 5.27. The van der Waals surface area contributed by atoms with Crippen molar-refractivity contribution in [3.63, 3.8) is 0 Å². The number of amides is 1. The molecule has 15 heavy (non-hydrogen) atoms. The van der Waals surface area contributed by atoms with Gasteiger partial charge in [-0.1, -0.05) is 0 Å². The van der Waals surface area contributed by atoms with Crippen LogP contribution in [0.25, 0.3) is 0 Å². The van der Waals surface area contributed by atoms with Crippen molar-refractivity contribution in [1.82, 2.24) is 15.2 Å². The van der Waals surface area contributed by atoms with Crippen LogP contribution in [0.4, 0.5) is 0 Å². The van der Waals surface area contributed by atoms with Crippen LogP contribution < -0.4 is 5.32 Å². The van der Waals surface area contributed by atoms with Gasteiger partial charge in [-0.3, -0.25) is 9.78 Å². The number of hydrogen-bond donors (Lipinski definition) is 1. The predicted molar refractivity (Wildman–Crippen MR) is 57.7 cm³/mol. The van der Waals surface area contributed by atoms with Gasteiger partial charge in [-0.25, -0.2) is 0 Å². The number of piperazine rings is 1. The molecule has 0 saturated carbocycles. The molecule has 0 aromatic carbocycles. The first-order valence-corrected chi connectivity index (χ1v) is 5.19. The van der Waals surface area contributed by atoms with E-state index < -0.39 is 0 Å². The van der Waals surface area contributed by atoms with Crippen LogP contribution in [0, 0.1) is 6.92 Å². The molecule has 1 fully saturated rings. The van der Waals surface area contributed by atoms with Crippen LogP contribution in [-0.4, -0.2) is 42.0 Å². The second-order valence-corrected chi connectivity index (χ2v) is 3.73. The summed E-state index contributed by atoms with van der Waals surface area (Å²) in [6, 6.07) is 1.79. The monoisotopic (exact) mass is 205 g/mol. The molecule has 1 aliphatic heterocycles. The van der Waals surface area contributed by atoms with Gasteiger partial charge in [0.05, 0.1) is 0 Å². The number of aromatic nitrogens is 1. The Hall–Kier alpha value is -1.42. The molecule has 4 heteroatoms. The summed E-state index contributed by atoms with van der Waals surface area (Å²) < 4.78 is 0. The van der Waals surface area contributed by atoms with Gasteiger partial charge in [-0.2, -0.15) is 0 Å². The minimum Gasteiger partial charge on any atom is -0.336 e. The molecule has 1 aromatic rings. The largest absolute Gasteiger partial charge is 0.336 e. The average Bonchev–Trinajstić information content (AvgIpc) is 2.30. The van der Waals surface area contributed by atoms with Crippen LogP contribution in [-0.2, 0) is 0 Å². The van der Waals surface area contributed by atoms with Gasteiger partial charge in [0.15, 0.2) is 0 Å². The molecule has 1 saturated heterocycles. The molecule has 0 spiro atoms. The summed E-state index contributed by atoms with van der Waals surface area (Å²) in [5.74, 6) is 0.122. The molecule has 1 aromatic heterocycles. The lowest BCUT2D eigenvalue weighted by Gasteiger charge is -2.27. The quantitative estimate of drug-likeness (QED) is 0.723. The Bertz CT molecular complexity index is 359. The topological polar surface area (TPSA) is 45.2 Å². The smallest absolute Gasteiger partial charge is 0.254 e. The van der Waals surface area contributed by atoms with E-state index in [4.69, 9.17) is 0 Å². The van der Waals surface area contributed by atoms with Crippen LogP contribution in [0.1, 0.15) is 15.9 Å². The third-order valence-corrected chi connectivity index (χ3v) is 2.65. The minimum atomic E-state index is 0.122. The Kier molecular flexibility index (Phi) is 2.97. The summed E-state index contributed by atoms with van der Waals surface area (Å²) in [6.07, 6.45) is 3.40. The van der Waals surface area contributed by atoms with Crippen molar-refractivity contribution in [2.45, 2.75) is 6.92 Å². The van der Waals surface area contributed by atoms with Gasteiger partial charge in [0.25, 0.3) is 5.91 Å². The molecule has 1 N–H and O–H groups in total. The van der Waals surface area contributed by atoms with Crippen LogP contribution in [0.2, 0.25) is 0 Å². The number of hydrogen-bond acceptors (Lipinski definition) is 3. The van der Waals surface area contributed by atoms with Crippen LogP contribution >= 0.6 is 0 Å². The lowest BCUT2D eigenvalue weighted by atomic mass is 10.1. The molecule has 0 bridgehead atoms. The second kappa shape index (κ2) is 4.40. The van der Waals surface area contributed by atoms with Crippen molar-refractivity contribution >= 4 is 5.91 Å². The molecule has 0 atom stereocenters. The molecule has 80 valence electrons. The number of nitrogens with zero attached hydrogens (tertiary/aromatic N) is 2. The zero-order chi connectivity index (χ0) is 10.7. The third kappa shape index (κ3) is 2.15. The van der Waals surface area contributed by atoms with Crippen molar-refractivity contribution in [2.75, 3.05) is 26.2 Å². The van der Waals surface area contributed by atoms with Gasteiger partial charge in [0.1, 0.15) is 0 Å². The fraction of sp³-hybridized carbons (Fsp3) is 0.455. The lowest BCUT2D eigenvalue weighted by Crippen LogP contribution is -2.46. The number of carbonyl (C=O) groups excluding carboxylic acids is 1. The van der Waals surface area contributed by atoms with Crippen LogP contribution in [0.5, 0.6) is 0 Å². The van der Waals surface area contributed by atoms with Gasteiger partial charge in [0.2, 0.25) is 0 Å². The fourth-order valence-electron chi connectivity index (χ4n) is 1.75. The maximum absolute atomic E-state index is 12.1. The first-order chi connectivity index (χ1) is 7.29.